The molecule has 0 saturated heterocycles. The molecule has 0 saturated carbocycles. The molecule has 0 amide bonds. The SMILES string of the molecule is CCN(CC)CCOc1ccc2c(c1)C(C)(C)C1=C(C2=O)c2ccc(CC(=O)C(C)(C)C)cc2C1. The van der Waals surface area contributed by atoms with Crippen LogP contribution in [0.1, 0.15) is 81.1 Å². The van der Waals surface area contributed by atoms with E-state index in [-0.39, 0.29) is 22.4 Å². The molecule has 186 valence electrons. The summed E-state index contributed by atoms with van der Waals surface area (Å²) in [7, 11) is 0. The van der Waals surface area contributed by atoms with E-state index in [0.29, 0.717) is 13.0 Å². The molecule has 0 aliphatic heterocycles. The van der Waals surface area contributed by atoms with Crippen molar-refractivity contribution in [2.24, 2.45) is 5.41 Å². The Hall–Kier alpha value is -2.72. The molecule has 0 aromatic heterocycles. The number of carbonyl (C=O) groups is 2. The lowest BCUT2D eigenvalue weighted by molar-refractivity contribution is -0.125. The van der Waals surface area contributed by atoms with Crippen molar-refractivity contribution in [3.8, 4) is 5.75 Å². The molecule has 2 aliphatic carbocycles. The third-order valence-corrected chi connectivity index (χ3v) is 7.77. The molecule has 0 radical (unpaired) electrons. The van der Waals surface area contributed by atoms with Gasteiger partial charge in [-0.1, -0.05) is 66.7 Å². The van der Waals surface area contributed by atoms with Crippen LogP contribution in [0.4, 0.5) is 0 Å². The second-order valence-electron chi connectivity index (χ2n) is 11.4. The smallest absolute Gasteiger partial charge is 0.193 e. The molecule has 4 rings (SSSR count). The first-order chi connectivity index (χ1) is 16.5. The molecular formula is C31H39NO3. The van der Waals surface area contributed by atoms with Gasteiger partial charge in [-0.15, -0.1) is 0 Å². The van der Waals surface area contributed by atoms with Crippen molar-refractivity contribution in [3.63, 3.8) is 0 Å². The van der Waals surface area contributed by atoms with Gasteiger partial charge < -0.3 is 9.64 Å². The van der Waals surface area contributed by atoms with Crippen LogP contribution in [-0.2, 0) is 23.1 Å². The molecule has 0 fully saturated rings. The highest BCUT2D eigenvalue weighted by atomic mass is 16.5. The first-order valence-electron chi connectivity index (χ1n) is 12.9. The van der Waals surface area contributed by atoms with Crippen molar-refractivity contribution < 1.29 is 14.3 Å². The molecule has 0 atom stereocenters. The third kappa shape index (κ3) is 4.73. The molecule has 35 heavy (non-hydrogen) atoms. The van der Waals surface area contributed by atoms with Gasteiger partial charge in [0.25, 0.3) is 0 Å². The second kappa shape index (κ2) is 9.39. The van der Waals surface area contributed by atoms with Gasteiger partial charge in [-0.2, -0.15) is 0 Å². The molecule has 0 bridgehead atoms. The normalized spacial score (nSPS) is 16.3. The summed E-state index contributed by atoms with van der Waals surface area (Å²) in [5.74, 6) is 1.14. The monoisotopic (exact) mass is 473 g/mol. The minimum atomic E-state index is -0.360. The molecule has 4 heteroatoms. The van der Waals surface area contributed by atoms with Crippen LogP contribution in [0.2, 0.25) is 0 Å². The van der Waals surface area contributed by atoms with Crippen LogP contribution < -0.4 is 4.74 Å². The van der Waals surface area contributed by atoms with E-state index in [9.17, 15) is 9.59 Å². The number of carbonyl (C=O) groups excluding carboxylic acids is 2. The number of hydrogen-bond donors (Lipinski definition) is 0. The molecular weight excluding hydrogens is 434 g/mol. The summed E-state index contributed by atoms with van der Waals surface area (Å²) in [6.45, 7) is 18.2. The van der Waals surface area contributed by atoms with Crippen LogP contribution in [0.3, 0.4) is 0 Å². The van der Waals surface area contributed by atoms with E-state index in [1.165, 1.54) is 5.57 Å². The number of fused-ring (bicyclic) bond motifs is 3. The van der Waals surface area contributed by atoms with E-state index in [4.69, 9.17) is 4.74 Å². The maximum atomic E-state index is 13.7. The average Bonchev–Trinajstić information content (AvgIpc) is 3.20. The second-order valence-corrected chi connectivity index (χ2v) is 11.4. The highest BCUT2D eigenvalue weighted by Crippen LogP contribution is 2.50. The first-order valence-corrected chi connectivity index (χ1v) is 12.9. The quantitative estimate of drug-likeness (QED) is 0.468. The van der Waals surface area contributed by atoms with Crippen LogP contribution in [0, 0.1) is 5.41 Å². The van der Waals surface area contributed by atoms with Crippen LogP contribution in [-0.4, -0.2) is 42.7 Å². The average molecular weight is 474 g/mol. The minimum absolute atomic E-state index is 0.0984. The van der Waals surface area contributed by atoms with Gasteiger partial charge in [0.15, 0.2) is 5.78 Å². The van der Waals surface area contributed by atoms with Crippen LogP contribution >= 0.6 is 0 Å². The molecule has 0 spiro atoms. The van der Waals surface area contributed by atoms with E-state index < -0.39 is 0 Å². The van der Waals surface area contributed by atoms with E-state index >= 15 is 0 Å². The number of nitrogens with zero attached hydrogens (tertiary/aromatic N) is 1. The van der Waals surface area contributed by atoms with Crippen molar-refractivity contribution >= 4 is 17.1 Å². The Balaban J connectivity index is 1.60. The fourth-order valence-corrected chi connectivity index (χ4v) is 5.29. The minimum Gasteiger partial charge on any atom is -0.492 e. The zero-order valence-electron chi connectivity index (χ0n) is 22.4. The molecule has 0 heterocycles. The number of rotatable bonds is 8. The standard InChI is InChI=1S/C31H39NO3/c1-8-32(9-2)14-15-35-22-11-13-24-25(19-22)31(6,7)26-18-21-16-20(17-27(33)30(3,4)5)10-12-23(21)28(26)29(24)34/h10-13,16,19H,8-9,14-15,17-18H2,1-7H3. The number of ether oxygens (including phenoxy) is 1. The van der Waals surface area contributed by atoms with Crippen molar-refractivity contribution in [1.82, 2.24) is 4.90 Å². The maximum Gasteiger partial charge on any atom is 0.193 e. The first kappa shape index (κ1) is 25.4. The number of Topliss-reactive ketones (excluding diaryl/α,β-unsaturated/α-hetero) is 2. The molecule has 2 aliphatic rings. The summed E-state index contributed by atoms with van der Waals surface area (Å²) >= 11 is 0. The lowest BCUT2D eigenvalue weighted by Gasteiger charge is -2.34. The van der Waals surface area contributed by atoms with Gasteiger partial charge in [0.1, 0.15) is 18.1 Å². The van der Waals surface area contributed by atoms with Gasteiger partial charge in [0.05, 0.1) is 0 Å². The largest absolute Gasteiger partial charge is 0.492 e. The van der Waals surface area contributed by atoms with Crippen molar-refractivity contribution in [3.05, 3.63) is 69.8 Å². The zero-order chi connectivity index (χ0) is 25.5. The molecule has 4 nitrogen and oxygen atoms in total. The predicted molar refractivity (Wildman–Crippen MR) is 142 cm³/mol. The van der Waals surface area contributed by atoms with Gasteiger partial charge in [-0.25, -0.2) is 0 Å². The highest BCUT2D eigenvalue weighted by molar-refractivity contribution is 6.33. The van der Waals surface area contributed by atoms with Crippen LogP contribution in [0.25, 0.3) is 5.57 Å². The van der Waals surface area contributed by atoms with E-state index in [0.717, 1.165) is 65.2 Å². The lowest BCUT2D eigenvalue weighted by Crippen LogP contribution is -2.30. The third-order valence-electron chi connectivity index (χ3n) is 7.77. The van der Waals surface area contributed by atoms with Gasteiger partial charge >= 0.3 is 0 Å². The summed E-state index contributed by atoms with van der Waals surface area (Å²) in [5, 5.41) is 0. The number of allylic oxidation sites excluding steroid dienone is 2. The van der Waals surface area contributed by atoms with Crippen LogP contribution in [0.5, 0.6) is 5.75 Å². The fourth-order valence-electron chi connectivity index (χ4n) is 5.29. The highest BCUT2D eigenvalue weighted by Gasteiger charge is 2.43. The van der Waals surface area contributed by atoms with Gasteiger partial charge in [-0.05, 0) is 65.5 Å². The summed E-state index contributed by atoms with van der Waals surface area (Å²) < 4.78 is 6.09. The number of ketones is 2. The van der Waals surface area contributed by atoms with Gasteiger partial charge in [0.2, 0.25) is 0 Å². The molecule has 0 unspecified atom stereocenters. The van der Waals surface area contributed by atoms with Gasteiger partial charge in [-0.3, -0.25) is 9.59 Å². The molecule has 2 aromatic rings. The predicted octanol–water partition coefficient (Wildman–Crippen LogP) is 6.05. The fraction of sp³-hybridized carbons (Fsp3) is 0.484. The summed E-state index contributed by atoms with van der Waals surface area (Å²) in [5.41, 5.74) is 6.39. The maximum absolute atomic E-state index is 13.7. The molecule has 2 aromatic carbocycles. The number of likely N-dealkylation sites (N-methyl/N-ethyl adjacent to an activating group) is 1. The summed E-state index contributed by atoms with van der Waals surface area (Å²) in [6, 6.07) is 12.1. The Morgan fingerprint density at radius 1 is 1.03 bits per heavy atom. The topological polar surface area (TPSA) is 46.6 Å². The van der Waals surface area contributed by atoms with Crippen molar-refractivity contribution in [2.75, 3.05) is 26.2 Å². The lowest BCUT2D eigenvalue weighted by atomic mass is 9.68. The molecule has 0 N–H and O–H groups in total. The Kier molecular flexibility index (Phi) is 6.80. The Labute approximate surface area is 210 Å². The Bertz CT molecular complexity index is 1190. The van der Waals surface area contributed by atoms with E-state index in [2.05, 4.69) is 44.7 Å². The van der Waals surface area contributed by atoms with Crippen molar-refractivity contribution in [1.29, 1.82) is 0 Å². The Morgan fingerprint density at radius 3 is 2.37 bits per heavy atom. The number of benzene rings is 2. The van der Waals surface area contributed by atoms with E-state index in [1.807, 2.05) is 45.0 Å². The summed E-state index contributed by atoms with van der Waals surface area (Å²) in [4.78, 5) is 28.6. The zero-order valence-corrected chi connectivity index (χ0v) is 22.4. The van der Waals surface area contributed by atoms with Crippen molar-refractivity contribution in [2.45, 2.75) is 66.7 Å². The Morgan fingerprint density at radius 2 is 1.71 bits per heavy atom. The van der Waals surface area contributed by atoms with E-state index in [1.54, 1.807) is 0 Å². The summed E-state index contributed by atoms with van der Waals surface area (Å²) in [6.07, 6.45) is 1.17. The van der Waals surface area contributed by atoms with Crippen LogP contribution in [0.15, 0.2) is 42.0 Å². The van der Waals surface area contributed by atoms with Gasteiger partial charge in [0, 0.05) is 34.9 Å². The number of hydrogen-bond acceptors (Lipinski definition) is 4.